The Kier molecular flexibility index (Phi) is 14.1. The molecule has 18 nitrogen and oxygen atoms in total. The average molecular weight is 653 g/mol. The molecule has 0 bridgehead atoms. The van der Waals surface area contributed by atoms with Gasteiger partial charge in [0, 0.05) is 19.1 Å². The first kappa shape index (κ1) is 37.2. The van der Waals surface area contributed by atoms with Crippen molar-refractivity contribution in [1.82, 2.24) is 10.6 Å². The van der Waals surface area contributed by atoms with E-state index in [2.05, 4.69) is 15.6 Å². The van der Waals surface area contributed by atoms with E-state index in [0.717, 1.165) is 6.08 Å². The summed E-state index contributed by atoms with van der Waals surface area (Å²) in [5.74, 6) is -1.21. The van der Waals surface area contributed by atoms with Crippen LogP contribution in [0, 0.1) is 0 Å². The second-order valence-electron chi connectivity index (χ2n) is 11.3. The normalized spacial score (nSPS) is 40.2. The van der Waals surface area contributed by atoms with Gasteiger partial charge in [0.25, 0.3) is 0 Å². The number of amides is 1. The number of hydrogen-bond donors (Lipinski definition) is 12. The van der Waals surface area contributed by atoms with Crippen LogP contribution in [0.3, 0.4) is 0 Å². The van der Waals surface area contributed by atoms with Crippen molar-refractivity contribution in [2.45, 2.75) is 112 Å². The molecule has 14 atom stereocenters. The summed E-state index contributed by atoms with van der Waals surface area (Å²) in [6, 6.07) is -4.37. The maximum Gasteiger partial charge on any atom is 0.249 e. The molecule has 1 aliphatic carbocycles. The van der Waals surface area contributed by atoms with E-state index >= 15 is 4.39 Å². The van der Waals surface area contributed by atoms with Crippen molar-refractivity contribution in [2.24, 2.45) is 33.7 Å². The van der Waals surface area contributed by atoms with Crippen LogP contribution in [0.25, 0.3) is 0 Å². The lowest BCUT2D eigenvalue weighted by atomic mass is 9.96. The van der Waals surface area contributed by atoms with E-state index in [-0.39, 0.29) is 44.1 Å². The first-order valence-electron chi connectivity index (χ1n) is 14.9. The zero-order chi connectivity index (χ0) is 33.4. The standard InChI is InChI=1S/C26H49FN8O10/c1-2-33-26(32)35-19-20(39)18(9-36)44-25(21(19)40)42-16-5-10(27)22(45-24-12(31)7-15(38)17(8-29)43-24)11(30)6-13(16)34-23(41)14(37)3-4-28/h5,10-15,17-22,24-25,36-40H,2-4,6-9,28-31H2,1H3,(H,34,41)(H3,32,33,35)/t10?,11?,12?,13-,14+,15+,17?,18-,19?,20?,21-,22+,24-,25?/m1/s1. The highest BCUT2D eigenvalue weighted by Gasteiger charge is 2.48. The Balaban J connectivity index is 1.91. The second kappa shape index (κ2) is 17.0. The highest BCUT2D eigenvalue weighted by molar-refractivity contribution is 5.81. The first-order chi connectivity index (χ1) is 21.3. The number of ether oxygens (including phenoxy) is 4. The summed E-state index contributed by atoms with van der Waals surface area (Å²) >= 11 is 0. The summed E-state index contributed by atoms with van der Waals surface area (Å²) in [6.07, 6.45) is -13.1. The van der Waals surface area contributed by atoms with Gasteiger partial charge in [0.1, 0.15) is 42.5 Å². The SMILES string of the molecule is CCN=C(N)NC1C(O)[C@@H](CO)OC(OC2=CC(F)[C@H](O[C@H]3OC(CN)[C@@H](O)CC3N)C(N)C[C@H]2NC(=O)[C@@H](O)CCN)[C@@H]1O. The Morgan fingerprint density at radius 3 is 2.42 bits per heavy atom. The van der Waals surface area contributed by atoms with E-state index in [9.17, 15) is 30.3 Å². The fourth-order valence-corrected chi connectivity index (χ4v) is 5.39. The molecule has 3 rings (SSSR count). The Bertz CT molecular complexity index is 1020. The Morgan fingerprint density at radius 2 is 1.80 bits per heavy atom. The zero-order valence-electron chi connectivity index (χ0n) is 25.1. The number of hydrogen-bond acceptors (Lipinski definition) is 15. The van der Waals surface area contributed by atoms with Crippen LogP contribution in [0.5, 0.6) is 0 Å². The minimum absolute atomic E-state index is 0.00635. The molecule has 0 spiro atoms. The number of carbonyl (C=O) groups excluding carboxylic acids is 1. The summed E-state index contributed by atoms with van der Waals surface area (Å²) in [5.41, 5.74) is 29.4. The number of alkyl halides is 1. The van der Waals surface area contributed by atoms with Crippen LogP contribution in [0.2, 0.25) is 0 Å². The molecule has 2 fully saturated rings. The highest BCUT2D eigenvalue weighted by atomic mass is 19.1. The van der Waals surface area contributed by atoms with Gasteiger partial charge in [-0.1, -0.05) is 0 Å². The smallest absolute Gasteiger partial charge is 0.249 e. The van der Waals surface area contributed by atoms with Crippen molar-refractivity contribution in [1.29, 1.82) is 0 Å². The highest BCUT2D eigenvalue weighted by Crippen LogP contribution is 2.31. The van der Waals surface area contributed by atoms with Crippen molar-refractivity contribution in [3.63, 3.8) is 0 Å². The van der Waals surface area contributed by atoms with Crippen LogP contribution < -0.4 is 39.3 Å². The molecule has 0 aromatic heterocycles. The van der Waals surface area contributed by atoms with Gasteiger partial charge in [-0.15, -0.1) is 0 Å². The van der Waals surface area contributed by atoms with Gasteiger partial charge in [-0.3, -0.25) is 9.79 Å². The Morgan fingerprint density at radius 1 is 1.11 bits per heavy atom. The fourth-order valence-electron chi connectivity index (χ4n) is 5.39. The molecule has 0 radical (unpaired) electrons. The minimum atomic E-state index is -1.99. The number of nitrogens with zero attached hydrogens (tertiary/aromatic N) is 1. The van der Waals surface area contributed by atoms with E-state index in [4.69, 9.17) is 47.6 Å². The van der Waals surface area contributed by atoms with Gasteiger partial charge in [0.2, 0.25) is 12.2 Å². The molecule has 0 aromatic carbocycles. The number of halogens is 1. The summed E-state index contributed by atoms with van der Waals surface area (Å²) in [4.78, 5) is 16.8. The number of guanidine groups is 1. The lowest BCUT2D eigenvalue weighted by molar-refractivity contribution is -0.268. The summed E-state index contributed by atoms with van der Waals surface area (Å²) in [5, 5.41) is 57.2. The van der Waals surface area contributed by atoms with Crippen molar-refractivity contribution < 1.29 is 53.7 Å². The molecule has 45 heavy (non-hydrogen) atoms. The molecule has 7 unspecified atom stereocenters. The van der Waals surface area contributed by atoms with Gasteiger partial charge in [-0.25, -0.2) is 4.39 Å². The molecule has 17 N–H and O–H groups in total. The molecule has 0 aromatic rings. The van der Waals surface area contributed by atoms with Crippen molar-refractivity contribution in [2.75, 3.05) is 26.2 Å². The molecule has 3 aliphatic rings. The molecule has 0 saturated carbocycles. The molecular weight excluding hydrogens is 603 g/mol. The van der Waals surface area contributed by atoms with Crippen molar-refractivity contribution >= 4 is 11.9 Å². The summed E-state index contributed by atoms with van der Waals surface area (Å²) in [6.45, 7) is 1.29. The van der Waals surface area contributed by atoms with Gasteiger partial charge in [-0.2, -0.15) is 0 Å². The fraction of sp³-hybridized carbons (Fsp3) is 0.846. The van der Waals surface area contributed by atoms with Gasteiger partial charge >= 0.3 is 0 Å². The van der Waals surface area contributed by atoms with Crippen LogP contribution in [0.1, 0.15) is 26.2 Å². The van der Waals surface area contributed by atoms with Crippen LogP contribution in [0.4, 0.5) is 4.39 Å². The van der Waals surface area contributed by atoms with Crippen LogP contribution >= 0.6 is 0 Å². The topological polar surface area (TPSA) is 322 Å². The van der Waals surface area contributed by atoms with Crippen LogP contribution in [-0.2, 0) is 23.7 Å². The van der Waals surface area contributed by atoms with Gasteiger partial charge in [-0.05, 0) is 38.8 Å². The summed E-state index contributed by atoms with van der Waals surface area (Å²) in [7, 11) is 0. The Hall–Kier alpha value is -2.27. The van der Waals surface area contributed by atoms with Gasteiger partial charge in [0.05, 0.1) is 36.9 Å². The van der Waals surface area contributed by atoms with Gasteiger partial charge < -0.3 is 83.8 Å². The predicted molar refractivity (Wildman–Crippen MR) is 156 cm³/mol. The maximum atomic E-state index is 16.0. The minimum Gasteiger partial charge on any atom is -0.464 e. The molecular formula is C26H49FN8O10. The van der Waals surface area contributed by atoms with Crippen LogP contribution in [0.15, 0.2) is 16.8 Å². The number of nitrogens with two attached hydrogens (primary N) is 5. The molecule has 2 saturated heterocycles. The quantitative estimate of drug-likeness (QED) is 0.0689. The average Bonchev–Trinajstić information content (AvgIpc) is 3.09. The van der Waals surface area contributed by atoms with Gasteiger partial charge in [0.15, 0.2) is 12.2 Å². The zero-order valence-corrected chi connectivity index (χ0v) is 25.1. The van der Waals surface area contributed by atoms with Crippen molar-refractivity contribution in [3.05, 3.63) is 11.8 Å². The molecule has 260 valence electrons. The van der Waals surface area contributed by atoms with Crippen molar-refractivity contribution in [3.8, 4) is 0 Å². The molecule has 2 aliphatic heterocycles. The molecule has 2 heterocycles. The number of nitrogens with one attached hydrogen (secondary N) is 2. The van der Waals surface area contributed by atoms with E-state index in [1.54, 1.807) is 6.92 Å². The van der Waals surface area contributed by atoms with E-state index in [1.165, 1.54) is 0 Å². The third-order valence-corrected chi connectivity index (χ3v) is 7.87. The maximum absolute atomic E-state index is 16.0. The summed E-state index contributed by atoms with van der Waals surface area (Å²) < 4.78 is 39.1. The first-order valence-corrected chi connectivity index (χ1v) is 14.9. The number of carbonyl (C=O) groups is 1. The lowest BCUT2D eigenvalue weighted by Crippen LogP contribution is -2.66. The lowest BCUT2D eigenvalue weighted by Gasteiger charge is -2.43. The number of aliphatic imine (C=N–C) groups is 1. The largest absolute Gasteiger partial charge is 0.464 e. The second-order valence-corrected chi connectivity index (χ2v) is 11.3. The van der Waals surface area contributed by atoms with Crippen LogP contribution in [-0.4, -0.2) is 149 Å². The third kappa shape index (κ3) is 9.40. The number of aliphatic hydroxyl groups is 5. The third-order valence-electron chi connectivity index (χ3n) is 7.87. The Labute approximate surface area is 260 Å². The number of rotatable bonds is 12. The van der Waals surface area contributed by atoms with E-state index in [0.29, 0.717) is 6.54 Å². The molecule has 19 heteroatoms. The predicted octanol–water partition coefficient (Wildman–Crippen LogP) is -5.97. The monoisotopic (exact) mass is 652 g/mol. The van der Waals surface area contributed by atoms with E-state index < -0.39 is 98.2 Å². The molecule has 1 amide bonds. The number of aliphatic hydroxyl groups excluding tert-OH is 5. The van der Waals surface area contributed by atoms with E-state index in [1.807, 2.05) is 0 Å².